The van der Waals surface area contributed by atoms with Gasteiger partial charge in [-0.25, -0.2) is 0 Å². The van der Waals surface area contributed by atoms with E-state index in [0.29, 0.717) is 19.3 Å². The van der Waals surface area contributed by atoms with Crippen LogP contribution in [0.4, 0.5) is 0 Å². The highest BCUT2D eigenvalue weighted by Crippen LogP contribution is 2.38. The minimum atomic E-state index is 0.110. The molecule has 0 atom stereocenters. The van der Waals surface area contributed by atoms with Gasteiger partial charge in [-0.05, 0) is 36.8 Å². The molecular weight excluding hydrogens is 226 g/mol. The molecule has 0 aliphatic heterocycles. The van der Waals surface area contributed by atoms with Gasteiger partial charge in [0.1, 0.15) is 0 Å². The highest BCUT2D eigenvalue weighted by molar-refractivity contribution is 5.31. The molecule has 0 aromatic heterocycles. The van der Waals surface area contributed by atoms with E-state index >= 15 is 0 Å². The van der Waals surface area contributed by atoms with E-state index in [-0.39, 0.29) is 6.61 Å². The Morgan fingerprint density at radius 1 is 1.28 bits per heavy atom. The van der Waals surface area contributed by atoms with Crippen LogP contribution in [0, 0.1) is 6.92 Å². The van der Waals surface area contributed by atoms with Crippen LogP contribution in [-0.2, 0) is 4.74 Å². The summed E-state index contributed by atoms with van der Waals surface area (Å²) in [5.41, 5.74) is 2.92. The summed E-state index contributed by atoms with van der Waals surface area (Å²) in [4.78, 5) is 0. The Labute approximate surface area is 109 Å². The Morgan fingerprint density at radius 2 is 2.06 bits per heavy atom. The summed E-state index contributed by atoms with van der Waals surface area (Å²) in [6.07, 6.45) is 2.45. The van der Waals surface area contributed by atoms with Crippen molar-refractivity contribution in [3.05, 3.63) is 35.4 Å². The van der Waals surface area contributed by atoms with Crippen molar-refractivity contribution in [2.45, 2.75) is 31.7 Å². The van der Waals surface area contributed by atoms with Crippen molar-refractivity contribution in [2.75, 3.05) is 26.4 Å². The minimum Gasteiger partial charge on any atom is -0.394 e. The molecule has 1 aliphatic carbocycles. The molecular formula is C15H23NO2. The first-order chi connectivity index (χ1) is 8.81. The van der Waals surface area contributed by atoms with Crippen LogP contribution in [-0.4, -0.2) is 37.5 Å². The number of aliphatic hydroxyl groups is 1. The number of aliphatic hydroxyl groups excluding tert-OH is 1. The van der Waals surface area contributed by atoms with Crippen LogP contribution >= 0.6 is 0 Å². The topological polar surface area (TPSA) is 41.5 Å². The van der Waals surface area contributed by atoms with Gasteiger partial charge in [-0.1, -0.05) is 24.3 Å². The molecule has 0 heterocycles. The molecule has 0 saturated heterocycles. The van der Waals surface area contributed by atoms with Gasteiger partial charge in [-0.15, -0.1) is 0 Å². The van der Waals surface area contributed by atoms with Crippen molar-refractivity contribution < 1.29 is 9.84 Å². The average molecular weight is 249 g/mol. The van der Waals surface area contributed by atoms with Gasteiger partial charge < -0.3 is 15.2 Å². The summed E-state index contributed by atoms with van der Waals surface area (Å²) in [5, 5.41) is 12.1. The van der Waals surface area contributed by atoms with Crippen LogP contribution in [0.15, 0.2) is 24.3 Å². The second-order valence-corrected chi connectivity index (χ2v) is 5.01. The number of hydrogen-bond donors (Lipinski definition) is 2. The van der Waals surface area contributed by atoms with Gasteiger partial charge in [0.05, 0.1) is 19.8 Å². The van der Waals surface area contributed by atoms with E-state index in [1.54, 1.807) is 0 Å². The predicted molar refractivity (Wildman–Crippen MR) is 72.8 cm³/mol. The number of ether oxygens (including phenoxy) is 1. The Hall–Kier alpha value is -0.900. The number of hydrogen-bond acceptors (Lipinski definition) is 3. The standard InChI is InChI=1S/C15H23NO2/c1-12-4-2-3-5-15(12)13-10-14(11-13)16-6-8-18-9-7-17/h2-5,13-14,16-17H,6-11H2,1H3. The molecule has 3 nitrogen and oxygen atoms in total. The Balaban J connectivity index is 1.64. The second-order valence-electron chi connectivity index (χ2n) is 5.01. The zero-order chi connectivity index (χ0) is 12.8. The summed E-state index contributed by atoms with van der Waals surface area (Å²) < 4.78 is 5.22. The summed E-state index contributed by atoms with van der Waals surface area (Å²) in [6.45, 7) is 4.31. The van der Waals surface area contributed by atoms with E-state index in [0.717, 1.165) is 12.5 Å². The maximum absolute atomic E-state index is 8.57. The molecule has 1 aromatic rings. The van der Waals surface area contributed by atoms with Crippen LogP contribution < -0.4 is 5.32 Å². The maximum atomic E-state index is 8.57. The second kappa shape index (κ2) is 6.88. The van der Waals surface area contributed by atoms with Crippen LogP contribution in [0.25, 0.3) is 0 Å². The van der Waals surface area contributed by atoms with Gasteiger partial charge in [0.25, 0.3) is 0 Å². The number of nitrogens with one attached hydrogen (secondary N) is 1. The van der Waals surface area contributed by atoms with Crippen LogP contribution in [0.5, 0.6) is 0 Å². The molecule has 18 heavy (non-hydrogen) atoms. The fourth-order valence-electron chi connectivity index (χ4n) is 2.59. The third-order valence-electron chi connectivity index (χ3n) is 3.68. The molecule has 2 N–H and O–H groups in total. The summed E-state index contributed by atoms with van der Waals surface area (Å²) in [7, 11) is 0. The molecule has 0 spiro atoms. The molecule has 0 bridgehead atoms. The Morgan fingerprint density at radius 3 is 2.78 bits per heavy atom. The Kier molecular flexibility index (Phi) is 5.17. The van der Waals surface area contributed by atoms with Crippen molar-refractivity contribution in [2.24, 2.45) is 0 Å². The SMILES string of the molecule is Cc1ccccc1C1CC(NCCOCCO)C1. The van der Waals surface area contributed by atoms with Crippen molar-refractivity contribution in [1.29, 1.82) is 0 Å². The largest absolute Gasteiger partial charge is 0.394 e. The van der Waals surface area contributed by atoms with Crippen molar-refractivity contribution in [3.63, 3.8) is 0 Å². The smallest absolute Gasteiger partial charge is 0.0698 e. The Bertz CT molecular complexity index is 361. The summed E-state index contributed by atoms with van der Waals surface area (Å²) in [6, 6.07) is 9.31. The van der Waals surface area contributed by atoms with Gasteiger partial charge in [-0.2, -0.15) is 0 Å². The molecule has 3 heteroatoms. The highest BCUT2D eigenvalue weighted by Gasteiger charge is 2.30. The molecule has 1 aromatic carbocycles. The normalized spacial score (nSPS) is 22.8. The first kappa shape index (κ1) is 13.5. The zero-order valence-electron chi connectivity index (χ0n) is 11.1. The lowest BCUT2D eigenvalue weighted by molar-refractivity contribution is 0.0901. The van der Waals surface area contributed by atoms with Crippen molar-refractivity contribution >= 4 is 0 Å². The molecule has 100 valence electrons. The van der Waals surface area contributed by atoms with Gasteiger partial charge in [0, 0.05) is 12.6 Å². The monoisotopic (exact) mass is 249 g/mol. The van der Waals surface area contributed by atoms with Crippen LogP contribution in [0.2, 0.25) is 0 Å². The quantitative estimate of drug-likeness (QED) is 0.725. The van der Waals surface area contributed by atoms with E-state index in [2.05, 4.69) is 36.5 Å². The lowest BCUT2D eigenvalue weighted by Crippen LogP contribution is -2.41. The summed E-state index contributed by atoms with van der Waals surface area (Å²) >= 11 is 0. The molecule has 0 amide bonds. The van der Waals surface area contributed by atoms with Gasteiger partial charge in [0.2, 0.25) is 0 Å². The molecule has 0 unspecified atom stereocenters. The third kappa shape index (κ3) is 3.55. The van der Waals surface area contributed by atoms with Gasteiger partial charge in [0.15, 0.2) is 0 Å². The fourth-order valence-corrected chi connectivity index (χ4v) is 2.59. The van der Waals surface area contributed by atoms with E-state index in [1.807, 2.05) is 0 Å². The first-order valence-electron chi connectivity index (χ1n) is 6.78. The van der Waals surface area contributed by atoms with E-state index in [1.165, 1.54) is 24.0 Å². The summed E-state index contributed by atoms with van der Waals surface area (Å²) in [5.74, 6) is 0.724. The molecule has 1 aliphatic rings. The predicted octanol–water partition coefficient (Wildman–Crippen LogP) is 1.84. The van der Waals surface area contributed by atoms with Gasteiger partial charge in [-0.3, -0.25) is 0 Å². The fraction of sp³-hybridized carbons (Fsp3) is 0.600. The van der Waals surface area contributed by atoms with E-state index in [4.69, 9.17) is 9.84 Å². The van der Waals surface area contributed by atoms with Gasteiger partial charge >= 0.3 is 0 Å². The van der Waals surface area contributed by atoms with Crippen molar-refractivity contribution in [1.82, 2.24) is 5.32 Å². The van der Waals surface area contributed by atoms with Crippen molar-refractivity contribution in [3.8, 4) is 0 Å². The number of benzene rings is 1. The minimum absolute atomic E-state index is 0.110. The lowest BCUT2D eigenvalue weighted by atomic mass is 9.74. The molecule has 1 fully saturated rings. The maximum Gasteiger partial charge on any atom is 0.0698 e. The lowest BCUT2D eigenvalue weighted by Gasteiger charge is -2.37. The zero-order valence-corrected chi connectivity index (χ0v) is 11.1. The van der Waals surface area contributed by atoms with Crippen LogP contribution in [0.1, 0.15) is 29.9 Å². The molecule has 2 rings (SSSR count). The first-order valence-corrected chi connectivity index (χ1v) is 6.78. The van der Waals surface area contributed by atoms with E-state index < -0.39 is 0 Å². The number of rotatable bonds is 7. The molecule has 0 radical (unpaired) electrons. The highest BCUT2D eigenvalue weighted by atomic mass is 16.5. The van der Waals surface area contributed by atoms with Crippen LogP contribution in [0.3, 0.4) is 0 Å². The number of aryl methyl sites for hydroxylation is 1. The van der Waals surface area contributed by atoms with E-state index in [9.17, 15) is 0 Å². The average Bonchev–Trinajstić information content (AvgIpc) is 2.33. The third-order valence-corrected chi connectivity index (χ3v) is 3.68. The molecule has 1 saturated carbocycles.